The number of carbonyl (C=O) groups is 1. The maximum Gasteiger partial charge on any atom is 0.252 e. The van der Waals surface area contributed by atoms with Crippen LogP contribution in [0.5, 0.6) is 0 Å². The van der Waals surface area contributed by atoms with E-state index in [0.717, 1.165) is 38.8 Å². The number of benzene rings is 1. The Morgan fingerprint density at radius 1 is 1.20 bits per heavy atom. The van der Waals surface area contributed by atoms with Gasteiger partial charge in [-0.15, -0.1) is 0 Å². The van der Waals surface area contributed by atoms with Crippen molar-refractivity contribution in [2.45, 2.75) is 62.4 Å². The summed E-state index contributed by atoms with van der Waals surface area (Å²) >= 11 is 6.25. The lowest BCUT2D eigenvalue weighted by molar-refractivity contribution is -0.0361. The smallest absolute Gasteiger partial charge is 0.252 e. The highest BCUT2D eigenvalue weighted by Crippen LogP contribution is 2.34. The van der Waals surface area contributed by atoms with Crippen LogP contribution in [0.2, 0.25) is 5.02 Å². The van der Waals surface area contributed by atoms with Crippen LogP contribution in [0.15, 0.2) is 23.1 Å². The van der Waals surface area contributed by atoms with Crippen LogP contribution in [-0.2, 0) is 14.8 Å². The molecule has 0 aromatic heterocycles. The third-order valence-corrected chi connectivity index (χ3v) is 7.91. The Balaban J connectivity index is 1.76. The Bertz CT molecular complexity index is 848. The fourth-order valence-corrected chi connectivity index (χ4v) is 5.90. The van der Waals surface area contributed by atoms with Crippen LogP contribution < -0.4 is 10.0 Å². The number of ether oxygens (including phenoxy) is 1. The lowest BCUT2D eigenvalue weighted by atomic mass is 9.79. The van der Waals surface area contributed by atoms with Gasteiger partial charge in [-0.25, -0.2) is 13.1 Å². The van der Waals surface area contributed by atoms with Gasteiger partial charge >= 0.3 is 0 Å². The van der Waals surface area contributed by atoms with Crippen LogP contribution in [-0.4, -0.2) is 63.7 Å². The number of hydrogen-bond acceptors (Lipinski definition) is 5. The average molecular weight is 458 g/mol. The van der Waals surface area contributed by atoms with Gasteiger partial charge in [-0.1, -0.05) is 30.9 Å². The maximum atomic E-state index is 13.0. The van der Waals surface area contributed by atoms with Crippen LogP contribution in [0.25, 0.3) is 0 Å². The summed E-state index contributed by atoms with van der Waals surface area (Å²) in [7, 11) is -3.71. The zero-order valence-corrected chi connectivity index (χ0v) is 19.3. The van der Waals surface area contributed by atoms with E-state index in [0.29, 0.717) is 19.8 Å². The number of carbonyl (C=O) groups excluding carboxylic acids is 1. The van der Waals surface area contributed by atoms with Crippen molar-refractivity contribution >= 4 is 27.5 Å². The molecule has 1 aliphatic heterocycles. The maximum absolute atomic E-state index is 13.0. The Hall–Kier alpha value is -1.19. The van der Waals surface area contributed by atoms with Crippen molar-refractivity contribution in [1.82, 2.24) is 14.9 Å². The summed E-state index contributed by atoms with van der Waals surface area (Å²) in [4.78, 5) is 15.5. The van der Waals surface area contributed by atoms with Crippen molar-refractivity contribution in [1.29, 1.82) is 0 Å². The van der Waals surface area contributed by atoms with Crippen LogP contribution in [0, 0.1) is 0 Å². The van der Waals surface area contributed by atoms with E-state index >= 15 is 0 Å². The van der Waals surface area contributed by atoms with Gasteiger partial charge in [-0.05, 0) is 44.9 Å². The molecule has 2 aliphatic rings. The molecule has 0 atom stereocenters. The largest absolute Gasteiger partial charge is 0.379 e. The summed E-state index contributed by atoms with van der Waals surface area (Å²) in [5.41, 5.74) is 0.101. The Kier molecular flexibility index (Phi) is 7.79. The number of halogens is 1. The molecule has 7 nitrogen and oxygen atoms in total. The summed E-state index contributed by atoms with van der Waals surface area (Å²) in [6.45, 7) is 7.17. The Morgan fingerprint density at radius 3 is 2.50 bits per heavy atom. The molecule has 168 valence electrons. The molecule has 9 heteroatoms. The second-order valence-electron chi connectivity index (χ2n) is 8.48. The minimum Gasteiger partial charge on any atom is -0.379 e. The molecule has 0 bridgehead atoms. The molecule has 1 aromatic rings. The van der Waals surface area contributed by atoms with Gasteiger partial charge in [0.2, 0.25) is 10.0 Å². The molecule has 0 radical (unpaired) electrons. The summed E-state index contributed by atoms with van der Waals surface area (Å²) < 4.78 is 33.0. The van der Waals surface area contributed by atoms with E-state index in [2.05, 4.69) is 14.9 Å². The molecule has 1 saturated carbocycles. The predicted molar refractivity (Wildman–Crippen MR) is 117 cm³/mol. The number of nitrogens with zero attached hydrogens (tertiary/aromatic N) is 1. The fraction of sp³-hybridized carbons (Fsp3) is 0.667. The first-order valence-corrected chi connectivity index (χ1v) is 12.5. The van der Waals surface area contributed by atoms with Gasteiger partial charge in [0, 0.05) is 31.2 Å². The van der Waals surface area contributed by atoms with Gasteiger partial charge in [0.1, 0.15) is 0 Å². The molecule has 3 rings (SSSR count). The van der Waals surface area contributed by atoms with Crippen molar-refractivity contribution < 1.29 is 17.9 Å². The fourth-order valence-electron chi connectivity index (χ4n) is 4.42. The molecule has 1 aliphatic carbocycles. The van der Waals surface area contributed by atoms with Crippen molar-refractivity contribution in [2.24, 2.45) is 0 Å². The molecule has 30 heavy (non-hydrogen) atoms. The molecular formula is C21H32ClN3O4S. The number of morpholine rings is 1. The highest BCUT2D eigenvalue weighted by Gasteiger charge is 2.39. The Morgan fingerprint density at radius 2 is 1.87 bits per heavy atom. The molecule has 1 heterocycles. The van der Waals surface area contributed by atoms with E-state index in [1.165, 1.54) is 24.6 Å². The van der Waals surface area contributed by atoms with Crippen molar-refractivity contribution in [3.05, 3.63) is 28.8 Å². The number of sulfonamides is 1. The highest BCUT2D eigenvalue weighted by molar-refractivity contribution is 7.89. The van der Waals surface area contributed by atoms with Gasteiger partial charge in [0.05, 0.1) is 28.7 Å². The van der Waals surface area contributed by atoms with E-state index in [9.17, 15) is 13.2 Å². The topological polar surface area (TPSA) is 87.7 Å². The molecule has 2 fully saturated rings. The first kappa shape index (κ1) is 23.5. The van der Waals surface area contributed by atoms with Gasteiger partial charge in [0.25, 0.3) is 5.91 Å². The van der Waals surface area contributed by atoms with E-state index in [1.54, 1.807) is 13.8 Å². The second kappa shape index (κ2) is 9.96. The minimum atomic E-state index is -3.71. The standard InChI is InChI=1S/C21H32ClN3O4S/c1-16(2)24-30(27,28)17-6-7-19(22)18(14-17)20(26)23-15-21(8-4-3-5-9-21)25-10-12-29-13-11-25/h6-7,14,16,24H,3-5,8-13,15H2,1-2H3,(H,23,26). The number of hydrogen-bond donors (Lipinski definition) is 2. The molecule has 0 spiro atoms. The van der Waals surface area contributed by atoms with E-state index in [4.69, 9.17) is 16.3 Å². The molecule has 1 amide bonds. The van der Waals surface area contributed by atoms with Gasteiger partial charge in [-0.2, -0.15) is 0 Å². The summed E-state index contributed by atoms with van der Waals surface area (Å²) in [5.74, 6) is -0.347. The third kappa shape index (κ3) is 5.53. The van der Waals surface area contributed by atoms with Gasteiger partial charge in [-0.3, -0.25) is 9.69 Å². The lowest BCUT2D eigenvalue weighted by Gasteiger charge is -2.48. The van der Waals surface area contributed by atoms with Crippen LogP contribution in [0.4, 0.5) is 0 Å². The zero-order valence-electron chi connectivity index (χ0n) is 17.7. The molecule has 0 unspecified atom stereocenters. The van der Waals surface area contributed by atoms with Gasteiger partial charge in [0.15, 0.2) is 0 Å². The number of amides is 1. The second-order valence-corrected chi connectivity index (χ2v) is 10.6. The minimum absolute atomic E-state index is 0.0336. The first-order valence-electron chi connectivity index (χ1n) is 10.7. The normalized spacial score (nSPS) is 20.3. The quantitative estimate of drug-likeness (QED) is 0.657. The highest BCUT2D eigenvalue weighted by atomic mass is 35.5. The lowest BCUT2D eigenvalue weighted by Crippen LogP contribution is -2.59. The monoisotopic (exact) mass is 457 g/mol. The molecule has 1 saturated heterocycles. The van der Waals surface area contributed by atoms with Crippen LogP contribution >= 0.6 is 11.6 Å². The molecular weight excluding hydrogens is 426 g/mol. The summed E-state index contributed by atoms with van der Waals surface area (Å²) in [6.07, 6.45) is 5.57. The van der Waals surface area contributed by atoms with E-state index in [-0.39, 0.29) is 33.0 Å². The van der Waals surface area contributed by atoms with Crippen LogP contribution in [0.1, 0.15) is 56.3 Å². The number of nitrogens with one attached hydrogen (secondary N) is 2. The summed E-state index contributed by atoms with van der Waals surface area (Å²) in [6, 6.07) is 3.98. The average Bonchev–Trinajstić information content (AvgIpc) is 2.72. The molecule has 2 N–H and O–H groups in total. The SMILES string of the molecule is CC(C)NS(=O)(=O)c1ccc(Cl)c(C(=O)NCC2(N3CCOCC3)CCCCC2)c1. The van der Waals surface area contributed by atoms with Crippen molar-refractivity contribution in [3.63, 3.8) is 0 Å². The number of rotatable bonds is 7. The molecule has 1 aromatic carbocycles. The van der Waals surface area contributed by atoms with Crippen molar-refractivity contribution in [3.8, 4) is 0 Å². The van der Waals surface area contributed by atoms with E-state index in [1.807, 2.05) is 0 Å². The third-order valence-electron chi connectivity index (χ3n) is 5.93. The zero-order chi connectivity index (χ0) is 21.8. The van der Waals surface area contributed by atoms with Crippen LogP contribution in [0.3, 0.4) is 0 Å². The van der Waals surface area contributed by atoms with E-state index < -0.39 is 10.0 Å². The van der Waals surface area contributed by atoms with Crippen molar-refractivity contribution in [2.75, 3.05) is 32.8 Å². The predicted octanol–water partition coefficient (Wildman–Crippen LogP) is 2.79. The first-order chi connectivity index (χ1) is 14.2. The van der Waals surface area contributed by atoms with Gasteiger partial charge < -0.3 is 10.1 Å². The summed E-state index contributed by atoms with van der Waals surface area (Å²) in [5, 5.41) is 3.28. The Labute approximate surface area is 184 Å².